The van der Waals surface area contributed by atoms with Gasteiger partial charge in [-0.25, -0.2) is 9.78 Å². The van der Waals surface area contributed by atoms with E-state index in [-0.39, 0.29) is 34.4 Å². The quantitative estimate of drug-likeness (QED) is 0.284. The van der Waals surface area contributed by atoms with E-state index >= 15 is 0 Å². The first-order valence-electron chi connectivity index (χ1n) is 17.8. The molecule has 10 heteroatoms. The molecule has 0 bridgehead atoms. The molecule has 1 saturated carbocycles. The highest BCUT2D eigenvalue weighted by atomic mass is 16.5. The molecule has 1 amide bonds. The fourth-order valence-electron chi connectivity index (χ4n) is 8.74. The highest BCUT2D eigenvalue weighted by Crippen LogP contribution is 2.55. The van der Waals surface area contributed by atoms with Crippen LogP contribution >= 0.6 is 0 Å². The molecule has 264 valence electrons. The molecule has 1 aromatic heterocycles. The molecule has 0 radical (unpaired) electrons. The molecule has 3 aromatic rings. The number of hydrogen-bond acceptors (Lipinski definition) is 8. The largest absolute Gasteiger partial charge is 0.489 e. The molecule has 3 fully saturated rings. The Kier molecular flexibility index (Phi) is 9.82. The van der Waals surface area contributed by atoms with Crippen molar-refractivity contribution in [3.05, 3.63) is 82.5 Å². The van der Waals surface area contributed by atoms with Crippen molar-refractivity contribution >= 4 is 23.4 Å². The summed E-state index contributed by atoms with van der Waals surface area (Å²) in [6.07, 6.45) is 3.60. The van der Waals surface area contributed by atoms with Crippen LogP contribution in [0.3, 0.4) is 0 Å². The summed E-state index contributed by atoms with van der Waals surface area (Å²) in [5.74, 6) is 1.23. The second-order valence-corrected chi connectivity index (χ2v) is 15.6. The Labute approximate surface area is 296 Å². The summed E-state index contributed by atoms with van der Waals surface area (Å²) < 4.78 is 6.53. The van der Waals surface area contributed by atoms with Gasteiger partial charge in [-0.3, -0.25) is 9.69 Å². The van der Waals surface area contributed by atoms with Crippen LogP contribution in [0.4, 0.5) is 11.5 Å². The zero-order valence-corrected chi connectivity index (χ0v) is 30.2. The predicted octanol–water partition coefficient (Wildman–Crippen LogP) is 5.92. The van der Waals surface area contributed by atoms with E-state index in [9.17, 15) is 14.9 Å². The predicted molar refractivity (Wildman–Crippen MR) is 195 cm³/mol. The van der Waals surface area contributed by atoms with Crippen molar-refractivity contribution in [3.8, 4) is 11.8 Å². The summed E-state index contributed by atoms with van der Waals surface area (Å²) in [5, 5.41) is 21.9. The monoisotopic (exact) mass is 678 g/mol. The number of nitrogens with zero attached hydrogens (tertiary/aromatic N) is 5. The van der Waals surface area contributed by atoms with Crippen molar-refractivity contribution in [1.82, 2.24) is 15.2 Å². The van der Waals surface area contributed by atoms with Crippen molar-refractivity contribution in [2.24, 2.45) is 16.7 Å². The third-order valence-electron chi connectivity index (χ3n) is 11.3. The number of carbonyl (C=O) groups excluding carboxylic acids is 1. The molecule has 3 aliphatic rings. The average molecular weight is 679 g/mol. The number of nitrogens with one attached hydrogen (secondary N) is 1. The molecule has 0 atom stereocenters. The number of carbonyl (C=O) groups is 2. The Morgan fingerprint density at radius 1 is 0.900 bits per heavy atom. The maximum Gasteiger partial charge on any atom is 0.337 e. The first-order valence-corrected chi connectivity index (χ1v) is 17.8. The van der Waals surface area contributed by atoms with Gasteiger partial charge in [0.1, 0.15) is 17.7 Å². The average Bonchev–Trinajstić information content (AvgIpc) is 3.10. The number of anilines is 2. The Morgan fingerprint density at radius 3 is 2.04 bits per heavy atom. The van der Waals surface area contributed by atoms with Crippen LogP contribution in [0, 0.1) is 41.9 Å². The maximum atomic E-state index is 13.5. The first-order chi connectivity index (χ1) is 23.8. The number of amides is 1. The number of aryl methyl sites for hydroxylation is 2. The van der Waals surface area contributed by atoms with E-state index in [2.05, 4.69) is 70.9 Å². The second-order valence-electron chi connectivity index (χ2n) is 15.6. The van der Waals surface area contributed by atoms with Crippen molar-refractivity contribution < 1.29 is 19.4 Å². The van der Waals surface area contributed by atoms with E-state index in [1.165, 1.54) is 6.20 Å². The molecule has 2 aromatic carbocycles. The third kappa shape index (κ3) is 7.02. The van der Waals surface area contributed by atoms with E-state index in [0.29, 0.717) is 17.0 Å². The smallest absolute Gasteiger partial charge is 0.337 e. The van der Waals surface area contributed by atoms with Gasteiger partial charge in [0.25, 0.3) is 5.91 Å². The Balaban J connectivity index is 0.966. The summed E-state index contributed by atoms with van der Waals surface area (Å²) in [5.41, 5.74) is 3.94. The summed E-state index contributed by atoms with van der Waals surface area (Å²) in [6.45, 7) is 19.3. The molecule has 3 heterocycles. The summed E-state index contributed by atoms with van der Waals surface area (Å²) in [4.78, 5) is 36.2. The van der Waals surface area contributed by atoms with Gasteiger partial charge >= 0.3 is 5.97 Å². The van der Waals surface area contributed by atoms with E-state index in [0.717, 1.165) is 87.0 Å². The summed E-state index contributed by atoms with van der Waals surface area (Å²) in [6, 6.07) is 17.5. The highest BCUT2D eigenvalue weighted by molar-refractivity contribution is 5.95. The van der Waals surface area contributed by atoms with Gasteiger partial charge in [0.15, 0.2) is 0 Å². The zero-order valence-electron chi connectivity index (χ0n) is 30.2. The minimum Gasteiger partial charge on any atom is -0.489 e. The van der Waals surface area contributed by atoms with Crippen LogP contribution in [-0.4, -0.2) is 84.8 Å². The summed E-state index contributed by atoms with van der Waals surface area (Å²) in [7, 11) is 0. The maximum absolute atomic E-state index is 13.5. The minimum absolute atomic E-state index is 0.0712. The Hall–Kier alpha value is -4.62. The number of hydrogen-bond donors (Lipinski definition) is 2. The molecule has 6 rings (SSSR count). The third-order valence-corrected chi connectivity index (χ3v) is 11.3. The van der Waals surface area contributed by atoms with Gasteiger partial charge in [0, 0.05) is 80.1 Å². The Bertz CT molecular complexity index is 1710. The zero-order chi connectivity index (χ0) is 35.8. The molecular weight excluding hydrogens is 628 g/mol. The van der Waals surface area contributed by atoms with Crippen LogP contribution in [0.2, 0.25) is 0 Å². The molecular formula is C40H50N6O4. The molecule has 10 nitrogen and oxygen atoms in total. The van der Waals surface area contributed by atoms with Gasteiger partial charge in [0.05, 0.1) is 17.2 Å². The number of piperidine rings is 1. The first kappa shape index (κ1) is 35.2. The fraction of sp³-hybridized carbons (Fsp3) is 0.500. The minimum atomic E-state index is -0.953. The van der Waals surface area contributed by atoms with Crippen LogP contribution in [0.1, 0.15) is 77.9 Å². The lowest BCUT2D eigenvalue weighted by molar-refractivity contribution is -0.164. The molecule has 2 saturated heterocycles. The number of piperazine rings is 1. The van der Waals surface area contributed by atoms with Crippen LogP contribution in [0.15, 0.2) is 54.7 Å². The second kappa shape index (κ2) is 13.9. The topological polar surface area (TPSA) is 122 Å². The van der Waals surface area contributed by atoms with Gasteiger partial charge in [-0.05, 0) is 92.3 Å². The lowest BCUT2D eigenvalue weighted by Gasteiger charge is -2.63. The number of nitriles is 1. The van der Waals surface area contributed by atoms with Crippen LogP contribution < -0.4 is 19.9 Å². The van der Waals surface area contributed by atoms with Gasteiger partial charge in [0.2, 0.25) is 0 Å². The van der Waals surface area contributed by atoms with E-state index in [4.69, 9.17) is 9.84 Å². The number of pyridine rings is 1. The molecule has 1 aliphatic carbocycles. The number of rotatable bonds is 9. The van der Waals surface area contributed by atoms with E-state index in [1.807, 2.05) is 38.1 Å². The fourth-order valence-corrected chi connectivity index (χ4v) is 8.74. The number of ether oxygens (including phenoxy) is 1. The van der Waals surface area contributed by atoms with Crippen molar-refractivity contribution in [2.75, 3.05) is 55.6 Å². The number of aromatic carboxylic acids is 1. The highest BCUT2D eigenvalue weighted by Gasteiger charge is 2.64. The van der Waals surface area contributed by atoms with Crippen LogP contribution in [0.5, 0.6) is 5.75 Å². The van der Waals surface area contributed by atoms with Crippen LogP contribution in [0.25, 0.3) is 0 Å². The normalized spacial score (nSPS) is 21.9. The van der Waals surface area contributed by atoms with E-state index in [1.54, 1.807) is 12.1 Å². The number of carboxylic acid groups (broad SMARTS) is 1. The SMILES string of the molecule is Cc1cc(OC2C(C)(C)C(NC(=O)c3ccc(N4CCC(CN5CCN(c6ccc(C(=O)O)cn6)CC5)CC4)cc3)C2(C)C)cc(C)c1C#N. The Morgan fingerprint density at radius 2 is 1.50 bits per heavy atom. The number of aromatic nitrogens is 1. The van der Waals surface area contributed by atoms with Crippen molar-refractivity contribution in [3.63, 3.8) is 0 Å². The lowest BCUT2D eigenvalue weighted by atomic mass is 9.49. The molecule has 50 heavy (non-hydrogen) atoms. The molecule has 2 aliphatic heterocycles. The standard InChI is InChI=1S/C40H50N6O4/c1-26-21-32(22-27(2)33(26)23-41)50-38-39(3,4)37(40(38,5)6)43-35(47)29-7-10-31(11-8-29)45-15-13-28(14-16-45)25-44-17-19-46(20-18-44)34-12-9-30(24-42-34)36(48)49/h7-12,21-22,24,28,37-38H,13-20,25H2,1-6H3,(H,43,47)(H,48,49). The van der Waals surface area contributed by atoms with E-state index < -0.39 is 5.97 Å². The van der Waals surface area contributed by atoms with Crippen LogP contribution in [-0.2, 0) is 0 Å². The number of benzene rings is 2. The van der Waals surface area contributed by atoms with Gasteiger partial charge < -0.3 is 25.0 Å². The van der Waals surface area contributed by atoms with Gasteiger partial charge in [-0.2, -0.15) is 5.26 Å². The van der Waals surface area contributed by atoms with Gasteiger partial charge in [-0.15, -0.1) is 0 Å². The molecule has 0 spiro atoms. The molecule has 0 unspecified atom stereocenters. The lowest BCUT2D eigenvalue weighted by Crippen LogP contribution is -2.74. The number of carboxylic acids is 1. The summed E-state index contributed by atoms with van der Waals surface area (Å²) >= 11 is 0. The van der Waals surface area contributed by atoms with Crippen molar-refractivity contribution in [2.45, 2.75) is 66.5 Å². The molecule has 2 N–H and O–H groups in total. The van der Waals surface area contributed by atoms with Crippen molar-refractivity contribution in [1.29, 1.82) is 5.26 Å². The van der Waals surface area contributed by atoms with Gasteiger partial charge in [-0.1, -0.05) is 27.7 Å².